The fourth-order valence-electron chi connectivity index (χ4n) is 1.79. The van der Waals surface area contributed by atoms with Crippen LogP contribution in [0, 0.1) is 5.82 Å². The number of anilines is 1. The van der Waals surface area contributed by atoms with E-state index in [0.717, 1.165) is 18.2 Å². The maximum Gasteiger partial charge on any atom is 0.335 e. The topological polar surface area (TPSA) is 92.7 Å². The minimum Gasteiger partial charge on any atom is -0.495 e. The Labute approximate surface area is 136 Å². The number of rotatable bonds is 5. The molecule has 0 unspecified atom stereocenters. The molecule has 0 saturated carbocycles. The molecule has 0 aromatic heterocycles. The molecule has 9 heteroatoms. The first-order chi connectivity index (χ1) is 10.7. The molecule has 0 saturated heterocycles. The Morgan fingerprint density at radius 2 is 1.96 bits per heavy atom. The molecule has 122 valence electrons. The van der Waals surface area contributed by atoms with Gasteiger partial charge in [-0.05, 0) is 36.4 Å². The van der Waals surface area contributed by atoms with Gasteiger partial charge in [0.05, 0.1) is 18.4 Å². The van der Waals surface area contributed by atoms with Crippen molar-refractivity contribution in [1.82, 2.24) is 0 Å². The fourth-order valence-corrected chi connectivity index (χ4v) is 3.21. The zero-order chi connectivity index (χ0) is 17.2. The number of halogens is 2. The Morgan fingerprint density at radius 1 is 1.26 bits per heavy atom. The number of methoxy groups -OCH3 is 1. The van der Waals surface area contributed by atoms with E-state index in [9.17, 15) is 17.6 Å². The predicted octanol–water partition coefficient (Wildman–Crippen LogP) is 2.99. The largest absolute Gasteiger partial charge is 0.495 e. The number of hydrogen-bond acceptors (Lipinski definition) is 4. The van der Waals surface area contributed by atoms with E-state index >= 15 is 0 Å². The molecule has 2 rings (SSSR count). The van der Waals surface area contributed by atoms with Crippen LogP contribution in [0.15, 0.2) is 41.3 Å². The van der Waals surface area contributed by atoms with Gasteiger partial charge in [0, 0.05) is 5.02 Å². The van der Waals surface area contributed by atoms with E-state index in [1.165, 1.54) is 25.3 Å². The lowest BCUT2D eigenvalue weighted by Gasteiger charge is -2.13. The number of aromatic carboxylic acids is 1. The lowest BCUT2D eigenvalue weighted by Crippen LogP contribution is -2.16. The SMILES string of the molecule is COc1ccc(C(=O)O)cc1S(=O)(=O)Nc1ccc(Cl)cc1F. The molecule has 0 aliphatic heterocycles. The first-order valence-electron chi connectivity index (χ1n) is 6.14. The van der Waals surface area contributed by atoms with Crippen LogP contribution in [0.25, 0.3) is 0 Å². The second kappa shape index (κ2) is 6.43. The minimum absolute atomic E-state index is 0.0723. The number of hydrogen-bond donors (Lipinski definition) is 2. The molecule has 2 N–H and O–H groups in total. The molecule has 0 aliphatic rings. The van der Waals surface area contributed by atoms with Crippen molar-refractivity contribution in [3.63, 3.8) is 0 Å². The van der Waals surface area contributed by atoms with Gasteiger partial charge in [-0.1, -0.05) is 11.6 Å². The summed E-state index contributed by atoms with van der Waals surface area (Å²) in [5.74, 6) is -2.24. The Bertz CT molecular complexity index is 869. The minimum atomic E-state index is -4.27. The second-order valence-electron chi connectivity index (χ2n) is 4.40. The number of carbonyl (C=O) groups is 1. The molecular formula is C14H11ClFNO5S. The first kappa shape index (κ1) is 17.0. The van der Waals surface area contributed by atoms with E-state index in [0.29, 0.717) is 0 Å². The summed E-state index contributed by atoms with van der Waals surface area (Å²) in [5.41, 5.74) is -0.570. The highest BCUT2D eigenvalue weighted by Gasteiger charge is 2.23. The van der Waals surface area contributed by atoms with Gasteiger partial charge in [-0.2, -0.15) is 0 Å². The third kappa shape index (κ3) is 3.72. The number of benzene rings is 2. The summed E-state index contributed by atoms with van der Waals surface area (Å²) in [4.78, 5) is 10.6. The Balaban J connectivity index is 2.50. The molecular weight excluding hydrogens is 349 g/mol. The summed E-state index contributed by atoms with van der Waals surface area (Å²) in [6.45, 7) is 0. The van der Waals surface area contributed by atoms with Crippen LogP contribution in [0.1, 0.15) is 10.4 Å². The Morgan fingerprint density at radius 3 is 2.52 bits per heavy atom. The van der Waals surface area contributed by atoms with Crippen LogP contribution in [-0.4, -0.2) is 26.6 Å². The van der Waals surface area contributed by atoms with E-state index in [-0.39, 0.29) is 22.0 Å². The van der Waals surface area contributed by atoms with Gasteiger partial charge in [-0.25, -0.2) is 17.6 Å². The summed E-state index contributed by atoms with van der Waals surface area (Å²) in [6.07, 6.45) is 0. The predicted molar refractivity (Wildman–Crippen MR) is 82.2 cm³/mol. The number of sulfonamides is 1. The van der Waals surface area contributed by atoms with E-state index in [1.54, 1.807) is 0 Å². The quantitative estimate of drug-likeness (QED) is 0.856. The van der Waals surface area contributed by atoms with Gasteiger partial charge in [-0.15, -0.1) is 0 Å². The van der Waals surface area contributed by atoms with Gasteiger partial charge in [0.1, 0.15) is 16.5 Å². The normalized spacial score (nSPS) is 11.1. The van der Waals surface area contributed by atoms with Crippen molar-refractivity contribution in [2.24, 2.45) is 0 Å². The van der Waals surface area contributed by atoms with Gasteiger partial charge in [-0.3, -0.25) is 4.72 Å². The number of nitrogens with one attached hydrogen (secondary N) is 1. The molecule has 0 radical (unpaired) electrons. The summed E-state index contributed by atoms with van der Waals surface area (Å²) in [7, 11) is -3.04. The van der Waals surface area contributed by atoms with Crippen LogP contribution >= 0.6 is 11.6 Å². The van der Waals surface area contributed by atoms with Crippen LogP contribution in [0.3, 0.4) is 0 Å². The number of carboxylic acids is 1. The zero-order valence-electron chi connectivity index (χ0n) is 11.7. The molecule has 23 heavy (non-hydrogen) atoms. The van der Waals surface area contributed by atoms with Crippen molar-refractivity contribution >= 4 is 33.3 Å². The van der Waals surface area contributed by atoms with Crippen molar-refractivity contribution in [3.05, 3.63) is 52.8 Å². The summed E-state index contributed by atoms with van der Waals surface area (Å²) >= 11 is 5.61. The molecule has 0 aliphatic carbocycles. The molecule has 6 nitrogen and oxygen atoms in total. The number of carboxylic acid groups (broad SMARTS) is 1. The third-order valence-corrected chi connectivity index (χ3v) is 4.50. The van der Waals surface area contributed by atoms with Crippen molar-refractivity contribution < 1.29 is 27.4 Å². The van der Waals surface area contributed by atoms with Gasteiger partial charge in [0.2, 0.25) is 0 Å². The van der Waals surface area contributed by atoms with Gasteiger partial charge in [0.25, 0.3) is 10.0 Å². The average Bonchev–Trinajstić information content (AvgIpc) is 2.49. The van der Waals surface area contributed by atoms with Crippen LogP contribution in [0.5, 0.6) is 5.75 Å². The van der Waals surface area contributed by atoms with E-state index in [4.69, 9.17) is 21.4 Å². The fraction of sp³-hybridized carbons (Fsp3) is 0.0714. The van der Waals surface area contributed by atoms with Crippen molar-refractivity contribution in [2.45, 2.75) is 4.90 Å². The first-order valence-corrected chi connectivity index (χ1v) is 8.00. The second-order valence-corrected chi connectivity index (χ2v) is 6.49. The van der Waals surface area contributed by atoms with Crippen molar-refractivity contribution in [1.29, 1.82) is 0 Å². The van der Waals surface area contributed by atoms with E-state index in [1.807, 2.05) is 4.72 Å². The third-order valence-electron chi connectivity index (χ3n) is 2.88. The molecule has 0 amide bonds. The van der Waals surface area contributed by atoms with Gasteiger partial charge in [0.15, 0.2) is 0 Å². The molecule has 0 spiro atoms. The van der Waals surface area contributed by atoms with Crippen molar-refractivity contribution in [2.75, 3.05) is 11.8 Å². The zero-order valence-corrected chi connectivity index (χ0v) is 13.3. The maximum absolute atomic E-state index is 13.7. The standard InChI is InChI=1S/C14H11ClFNO5S/c1-22-12-5-2-8(14(18)19)6-13(12)23(20,21)17-11-4-3-9(15)7-10(11)16/h2-7,17H,1H3,(H,18,19). The highest BCUT2D eigenvalue weighted by Crippen LogP contribution is 2.28. The smallest absolute Gasteiger partial charge is 0.335 e. The molecule has 2 aromatic carbocycles. The van der Waals surface area contributed by atoms with Gasteiger partial charge < -0.3 is 9.84 Å². The van der Waals surface area contributed by atoms with Crippen LogP contribution in [0.4, 0.5) is 10.1 Å². The highest BCUT2D eigenvalue weighted by molar-refractivity contribution is 7.92. The van der Waals surface area contributed by atoms with Crippen LogP contribution in [-0.2, 0) is 10.0 Å². The maximum atomic E-state index is 13.7. The Hall–Kier alpha value is -2.32. The summed E-state index contributed by atoms with van der Waals surface area (Å²) in [6, 6.07) is 6.75. The molecule has 2 aromatic rings. The van der Waals surface area contributed by atoms with E-state index in [2.05, 4.69) is 0 Å². The molecule has 0 heterocycles. The van der Waals surface area contributed by atoms with E-state index < -0.39 is 26.7 Å². The lowest BCUT2D eigenvalue weighted by atomic mass is 10.2. The van der Waals surface area contributed by atoms with Gasteiger partial charge >= 0.3 is 5.97 Å². The van der Waals surface area contributed by atoms with Crippen molar-refractivity contribution in [3.8, 4) is 5.75 Å². The molecule has 0 bridgehead atoms. The number of ether oxygens (including phenoxy) is 1. The molecule has 0 fully saturated rings. The summed E-state index contributed by atoms with van der Waals surface area (Å²) in [5, 5.41) is 9.08. The molecule has 0 atom stereocenters. The highest BCUT2D eigenvalue weighted by atomic mass is 35.5. The monoisotopic (exact) mass is 359 g/mol. The summed E-state index contributed by atoms with van der Waals surface area (Å²) < 4.78 is 45.5. The Kier molecular flexibility index (Phi) is 4.76. The van der Waals surface area contributed by atoms with Crippen LogP contribution in [0.2, 0.25) is 5.02 Å². The average molecular weight is 360 g/mol. The lowest BCUT2D eigenvalue weighted by molar-refractivity contribution is 0.0696. The van der Waals surface area contributed by atoms with Crippen LogP contribution < -0.4 is 9.46 Å².